The number of nitrogens with zero attached hydrogens (tertiary/aromatic N) is 3. The Bertz CT molecular complexity index is 714. The minimum absolute atomic E-state index is 0.104. The minimum Gasteiger partial charge on any atom is -0.383 e. The van der Waals surface area contributed by atoms with Gasteiger partial charge in [0.2, 0.25) is 0 Å². The van der Waals surface area contributed by atoms with Crippen molar-refractivity contribution in [1.29, 1.82) is 0 Å². The third kappa shape index (κ3) is 1.99. The molecule has 0 aliphatic heterocycles. The molecule has 0 atom stereocenters. The van der Waals surface area contributed by atoms with Gasteiger partial charge in [0, 0.05) is 13.5 Å². The van der Waals surface area contributed by atoms with Gasteiger partial charge in [-0.2, -0.15) is 0 Å². The molecule has 0 fully saturated rings. The summed E-state index contributed by atoms with van der Waals surface area (Å²) in [7, 11) is 1.38. The van der Waals surface area contributed by atoms with E-state index in [9.17, 15) is 9.59 Å². The van der Waals surface area contributed by atoms with Crippen LogP contribution in [0.4, 0.5) is 5.82 Å². The third-order valence-corrected chi connectivity index (χ3v) is 2.62. The number of fused-ring (bicyclic) bond motifs is 1. The molecule has 2 heterocycles. The standard InChI is InChI=1S/C11H15N5O2/c1-5(2)4-6-13-8(12)7-9(14-6)15-11(18)16(3)10(7)17/h5H,4H2,1-3H3,(H3,12,13,14,15,18). The number of nitrogens with two attached hydrogens (primary N) is 1. The Morgan fingerprint density at radius 1 is 1.33 bits per heavy atom. The maximum absolute atomic E-state index is 11.9. The number of nitrogens with one attached hydrogen (secondary N) is 1. The smallest absolute Gasteiger partial charge is 0.329 e. The molecular weight excluding hydrogens is 234 g/mol. The minimum atomic E-state index is -0.513. The third-order valence-electron chi connectivity index (χ3n) is 2.62. The first-order chi connectivity index (χ1) is 8.40. The number of nitrogen functional groups attached to an aromatic ring is 1. The molecule has 0 saturated carbocycles. The summed E-state index contributed by atoms with van der Waals surface area (Å²) in [4.78, 5) is 34.2. The molecule has 0 aromatic carbocycles. The number of aromatic nitrogens is 4. The van der Waals surface area contributed by atoms with Crippen LogP contribution in [0.3, 0.4) is 0 Å². The fourth-order valence-corrected chi connectivity index (χ4v) is 1.73. The van der Waals surface area contributed by atoms with Crippen LogP contribution in [0.25, 0.3) is 11.0 Å². The van der Waals surface area contributed by atoms with Crippen molar-refractivity contribution in [2.24, 2.45) is 13.0 Å². The van der Waals surface area contributed by atoms with Crippen LogP contribution in [0.1, 0.15) is 19.7 Å². The number of hydrogen-bond donors (Lipinski definition) is 2. The summed E-state index contributed by atoms with van der Waals surface area (Å²) in [6.45, 7) is 4.05. The predicted octanol–water partition coefficient (Wildman–Crippen LogP) is -0.202. The van der Waals surface area contributed by atoms with Gasteiger partial charge in [-0.05, 0) is 5.92 Å². The average molecular weight is 249 g/mol. The van der Waals surface area contributed by atoms with Gasteiger partial charge in [-0.1, -0.05) is 13.8 Å². The maximum Gasteiger partial charge on any atom is 0.329 e. The van der Waals surface area contributed by atoms with Crippen molar-refractivity contribution >= 4 is 16.9 Å². The van der Waals surface area contributed by atoms with Crippen molar-refractivity contribution < 1.29 is 0 Å². The summed E-state index contributed by atoms with van der Waals surface area (Å²) in [5.74, 6) is 0.992. The summed E-state index contributed by atoms with van der Waals surface area (Å²) >= 11 is 0. The molecule has 0 bridgehead atoms. The molecule has 2 aromatic rings. The number of rotatable bonds is 2. The Labute approximate surface area is 103 Å². The predicted molar refractivity (Wildman–Crippen MR) is 68.4 cm³/mol. The summed E-state index contributed by atoms with van der Waals surface area (Å²) in [5, 5.41) is 0.157. The van der Waals surface area contributed by atoms with E-state index in [1.807, 2.05) is 13.8 Å². The molecule has 2 aromatic heterocycles. The molecule has 0 aliphatic rings. The van der Waals surface area contributed by atoms with Crippen molar-refractivity contribution in [3.8, 4) is 0 Å². The molecule has 2 rings (SSSR count). The summed E-state index contributed by atoms with van der Waals surface area (Å²) in [6, 6.07) is 0. The quantitative estimate of drug-likeness (QED) is 0.766. The Kier molecular flexibility index (Phi) is 2.90. The topological polar surface area (TPSA) is 107 Å². The second kappa shape index (κ2) is 4.25. The number of aromatic amines is 1. The second-order valence-electron chi connectivity index (χ2n) is 4.64. The molecule has 0 amide bonds. The van der Waals surface area contributed by atoms with Gasteiger partial charge in [0.05, 0.1) is 0 Å². The summed E-state index contributed by atoms with van der Waals surface area (Å²) in [5.41, 5.74) is 4.97. The van der Waals surface area contributed by atoms with Crippen LogP contribution >= 0.6 is 0 Å². The molecule has 96 valence electrons. The zero-order chi connectivity index (χ0) is 13.4. The molecule has 7 nitrogen and oxygen atoms in total. The van der Waals surface area contributed by atoms with E-state index in [4.69, 9.17) is 5.73 Å². The highest BCUT2D eigenvalue weighted by Crippen LogP contribution is 2.12. The van der Waals surface area contributed by atoms with Crippen molar-refractivity contribution in [3.63, 3.8) is 0 Å². The molecule has 0 spiro atoms. The van der Waals surface area contributed by atoms with Crippen LogP contribution < -0.4 is 17.0 Å². The lowest BCUT2D eigenvalue weighted by atomic mass is 10.1. The van der Waals surface area contributed by atoms with Crippen LogP contribution in [0.5, 0.6) is 0 Å². The highest BCUT2D eigenvalue weighted by atomic mass is 16.2. The maximum atomic E-state index is 11.9. The first-order valence-electron chi connectivity index (χ1n) is 5.65. The Morgan fingerprint density at radius 2 is 2.00 bits per heavy atom. The lowest BCUT2D eigenvalue weighted by Crippen LogP contribution is -2.33. The van der Waals surface area contributed by atoms with Gasteiger partial charge in [-0.15, -0.1) is 0 Å². The Balaban J connectivity index is 2.79. The molecule has 0 radical (unpaired) electrons. The largest absolute Gasteiger partial charge is 0.383 e. The van der Waals surface area contributed by atoms with Crippen LogP contribution in [0, 0.1) is 5.92 Å². The van der Waals surface area contributed by atoms with Gasteiger partial charge in [0.1, 0.15) is 17.0 Å². The Hall–Kier alpha value is -2.18. The van der Waals surface area contributed by atoms with E-state index in [-0.39, 0.29) is 16.9 Å². The van der Waals surface area contributed by atoms with Gasteiger partial charge in [0.25, 0.3) is 5.56 Å². The van der Waals surface area contributed by atoms with E-state index >= 15 is 0 Å². The average Bonchev–Trinajstić information content (AvgIpc) is 2.24. The van der Waals surface area contributed by atoms with Crippen LogP contribution in [-0.4, -0.2) is 19.5 Å². The molecular formula is C11H15N5O2. The van der Waals surface area contributed by atoms with E-state index in [2.05, 4.69) is 15.0 Å². The fourth-order valence-electron chi connectivity index (χ4n) is 1.73. The van der Waals surface area contributed by atoms with Gasteiger partial charge >= 0.3 is 5.69 Å². The van der Waals surface area contributed by atoms with Crippen LogP contribution in [0.15, 0.2) is 9.59 Å². The lowest BCUT2D eigenvalue weighted by molar-refractivity contribution is 0.622. The van der Waals surface area contributed by atoms with Gasteiger partial charge in [-0.25, -0.2) is 14.8 Å². The molecule has 7 heteroatoms. The van der Waals surface area contributed by atoms with Crippen molar-refractivity contribution in [2.75, 3.05) is 5.73 Å². The monoisotopic (exact) mass is 249 g/mol. The number of hydrogen-bond acceptors (Lipinski definition) is 5. The number of anilines is 1. The highest BCUT2D eigenvalue weighted by molar-refractivity contribution is 5.83. The van der Waals surface area contributed by atoms with E-state index in [1.165, 1.54) is 7.05 Å². The van der Waals surface area contributed by atoms with E-state index in [0.29, 0.717) is 18.2 Å². The van der Waals surface area contributed by atoms with Gasteiger partial charge in [0.15, 0.2) is 5.65 Å². The fraction of sp³-hybridized carbons (Fsp3) is 0.455. The van der Waals surface area contributed by atoms with Crippen molar-refractivity contribution in [3.05, 3.63) is 26.7 Å². The van der Waals surface area contributed by atoms with E-state index < -0.39 is 11.2 Å². The molecule has 18 heavy (non-hydrogen) atoms. The van der Waals surface area contributed by atoms with Crippen molar-refractivity contribution in [2.45, 2.75) is 20.3 Å². The number of H-pyrrole nitrogens is 1. The summed E-state index contributed by atoms with van der Waals surface area (Å²) < 4.78 is 0.949. The van der Waals surface area contributed by atoms with Crippen LogP contribution in [-0.2, 0) is 13.5 Å². The zero-order valence-electron chi connectivity index (χ0n) is 10.5. The normalized spacial score (nSPS) is 11.3. The van der Waals surface area contributed by atoms with E-state index in [1.54, 1.807) is 0 Å². The van der Waals surface area contributed by atoms with Gasteiger partial charge < -0.3 is 5.73 Å². The van der Waals surface area contributed by atoms with Crippen LogP contribution in [0.2, 0.25) is 0 Å². The first kappa shape index (κ1) is 12.3. The molecule has 0 aliphatic carbocycles. The Morgan fingerprint density at radius 3 is 2.61 bits per heavy atom. The molecule has 0 saturated heterocycles. The zero-order valence-corrected chi connectivity index (χ0v) is 10.5. The first-order valence-corrected chi connectivity index (χ1v) is 5.65. The second-order valence-corrected chi connectivity index (χ2v) is 4.64. The van der Waals surface area contributed by atoms with E-state index in [0.717, 1.165) is 4.57 Å². The van der Waals surface area contributed by atoms with Gasteiger partial charge in [-0.3, -0.25) is 14.3 Å². The molecule has 0 unspecified atom stereocenters. The summed E-state index contributed by atoms with van der Waals surface area (Å²) in [6.07, 6.45) is 0.636. The lowest BCUT2D eigenvalue weighted by Gasteiger charge is -2.07. The van der Waals surface area contributed by atoms with Crippen molar-refractivity contribution in [1.82, 2.24) is 19.5 Å². The molecule has 3 N–H and O–H groups in total. The SMILES string of the molecule is CC(C)Cc1nc(N)c2c(=O)n(C)c(=O)[nH]c2n1. The highest BCUT2D eigenvalue weighted by Gasteiger charge is 2.12.